The first-order valence-corrected chi connectivity index (χ1v) is 26.3. The van der Waals surface area contributed by atoms with Crippen LogP contribution in [0.15, 0.2) is 116 Å². The SMILES string of the molecule is Brc1ccc2cc(Br)ccc2c1.CCOC(C)(C)c1ccsc1-c1ccc2cc(-c3sccc3C(C)(C)OCC)ccc2c1.CCOC(C)(C)c1ccsc1B1OC(C)(C)C(C)(C)O1. The van der Waals surface area contributed by atoms with Crippen LogP contribution in [0, 0.1) is 0 Å². The molecule has 340 valence electrons. The molecular formula is C53H63BBr2O5S3. The molecule has 0 unspecified atom stereocenters. The summed E-state index contributed by atoms with van der Waals surface area (Å²) in [5.41, 5.74) is 4.61. The number of hydrogen-bond donors (Lipinski definition) is 0. The summed E-state index contributed by atoms with van der Waals surface area (Å²) in [6.07, 6.45) is 0. The maximum Gasteiger partial charge on any atom is 0.505 e. The van der Waals surface area contributed by atoms with Crippen LogP contribution < -0.4 is 4.78 Å². The molecule has 0 aliphatic carbocycles. The summed E-state index contributed by atoms with van der Waals surface area (Å²) >= 11 is 12.1. The monoisotopic (exact) mass is 1040 g/mol. The minimum absolute atomic E-state index is 0.300. The Morgan fingerprint density at radius 1 is 0.484 bits per heavy atom. The molecule has 5 nitrogen and oxygen atoms in total. The van der Waals surface area contributed by atoms with Gasteiger partial charge in [-0.25, -0.2) is 0 Å². The molecule has 3 aromatic heterocycles. The first kappa shape index (κ1) is 50.7. The highest BCUT2D eigenvalue weighted by Crippen LogP contribution is 2.42. The van der Waals surface area contributed by atoms with Gasteiger partial charge in [-0.15, -0.1) is 22.7 Å². The number of rotatable bonds is 12. The van der Waals surface area contributed by atoms with Gasteiger partial charge in [0.15, 0.2) is 0 Å². The lowest BCUT2D eigenvalue weighted by Gasteiger charge is -2.32. The van der Waals surface area contributed by atoms with Gasteiger partial charge in [0.25, 0.3) is 0 Å². The predicted octanol–water partition coefficient (Wildman–Crippen LogP) is 16.5. The van der Waals surface area contributed by atoms with Crippen LogP contribution in [-0.4, -0.2) is 38.1 Å². The summed E-state index contributed by atoms with van der Waals surface area (Å²) in [7, 11) is -0.310. The number of halogens is 2. The number of thiophene rings is 3. The largest absolute Gasteiger partial charge is 0.505 e. The maximum absolute atomic E-state index is 6.16. The van der Waals surface area contributed by atoms with Crippen molar-refractivity contribution in [1.82, 2.24) is 0 Å². The Hall–Kier alpha value is -2.68. The average molecular weight is 1050 g/mol. The minimum Gasteiger partial charge on any atom is -0.399 e. The fraction of sp³-hybridized carbons (Fsp3) is 0.396. The third-order valence-electron chi connectivity index (χ3n) is 12.1. The molecular weight excluding hydrogens is 983 g/mol. The third-order valence-corrected chi connectivity index (χ3v) is 15.9. The summed E-state index contributed by atoms with van der Waals surface area (Å²) in [5.74, 6) is 0. The van der Waals surface area contributed by atoms with Gasteiger partial charge in [-0.3, -0.25) is 0 Å². The molecule has 0 saturated carbocycles. The average Bonchev–Trinajstić information content (AvgIpc) is 4.05. The van der Waals surface area contributed by atoms with Gasteiger partial charge < -0.3 is 23.5 Å². The smallest absolute Gasteiger partial charge is 0.399 e. The molecule has 0 spiro atoms. The van der Waals surface area contributed by atoms with Gasteiger partial charge in [0.2, 0.25) is 0 Å². The van der Waals surface area contributed by atoms with Crippen molar-refractivity contribution in [3.05, 3.63) is 133 Å². The Balaban J connectivity index is 0.000000180. The van der Waals surface area contributed by atoms with Crippen LogP contribution >= 0.6 is 65.9 Å². The second kappa shape index (κ2) is 20.7. The second-order valence-corrected chi connectivity index (χ2v) is 23.0. The van der Waals surface area contributed by atoms with Crippen molar-refractivity contribution in [3.8, 4) is 20.9 Å². The molecule has 4 heterocycles. The summed E-state index contributed by atoms with van der Waals surface area (Å²) < 4.78 is 33.6. The number of hydrogen-bond acceptors (Lipinski definition) is 8. The minimum atomic E-state index is -0.326. The predicted molar refractivity (Wildman–Crippen MR) is 284 cm³/mol. The Morgan fingerprint density at radius 3 is 1.23 bits per heavy atom. The molecule has 8 rings (SSSR count). The van der Waals surface area contributed by atoms with Crippen molar-refractivity contribution in [2.75, 3.05) is 19.8 Å². The van der Waals surface area contributed by atoms with Gasteiger partial charge in [-0.1, -0.05) is 68.3 Å². The van der Waals surface area contributed by atoms with Crippen molar-refractivity contribution >= 4 is 99.3 Å². The van der Waals surface area contributed by atoms with E-state index in [4.69, 9.17) is 23.5 Å². The van der Waals surface area contributed by atoms with Crippen molar-refractivity contribution in [1.29, 1.82) is 0 Å². The second-order valence-electron chi connectivity index (χ2n) is 18.4. The van der Waals surface area contributed by atoms with Gasteiger partial charge >= 0.3 is 7.12 Å². The molecule has 0 N–H and O–H groups in total. The molecule has 0 bridgehead atoms. The van der Waals surface area contributed by atoms with Crippen LogP contribution in [0.4, 0.5) is 0 Å². The third kappa shape index (κ3) is 11.5. The van der Waals surface area contributed by atoms with Crippen LogP contribution in [0.25, 0.3) is 42.4 Å². The molecule has 64 heavy (non-hydrogen) atoms. The van der Waals surface area contributed by atoms with Crippen molar-refractivity contribution < 1.29 is 23.5 Å². The van der Waals surface area contributed by atoms with E-state index in [2.05, 4.69) is 222 Å². The zero-order chi connectivity index (χ0) is 46.7. The highest BCUT2D eigenvalue weighted by Gasteiger charge is 2.53. The van der Waals surface area contributed by atoms with E-state index in [1.165, 1.54) is 53.6 Å². The molecule has 1 aliphatic heterocycles. The van der Waals surface area contributed by atoms with Gasteiger partial charge in [0.1, 0.15) is 0 Å². The first-order chi connectivity index (χ1) is 30.1. The standard InChI is InChI=1S/C28H32O2S2.C15H25BO3S.C10H6Br2/c1-7-29-27(3,4)23-13-15-31-25(23)21-11-9-20-18-22(12-10-19(20)17-21)26-24(14-16-32-26)28(5,6)30-8-2;1-8-17-13(2,3)11-9-10-20-12(11)16-18-14(4,5)15(6,7)19-16;11-9-3-1-7-5-10(12)4-2-8(7)6-9/h9-18H,7-8H2,1-6H3;9-10H,8H2,1-7H3;1-6H. The maximum atomic E-state index is 6.16. The van der Waals surface area contributed by atoms with Crippen molar-refractivity contribution in [2.45, 2.75) is 118 Å². The highest BCUT2D eigenvalue weighted by atomic mass is 79.9. The summed E-state index contributed by atoms with van der Waals surface area (Å²) in [6, 6.07) is 32.6. The molecule has 0 atom stereocenters. The number of ether oxygens (including phenoxy) is 3. The zero-order valence-corrected chi connectivity index (χ0v) is 45.2. The van der Waals surface area contributed by atoms with Gasteiger partial charge in [0.05, 0.1) is 28.0 Å². The Morgan fingerprint density at radius 2 is 0.828 bits per heavy atom. The quantitative estimate of drug-likeness (QED) is 0.114. The molecule has 0 radical (unpaired) electrons. The van der Waals surface area contributed by atoms with Crippen LogP contribution in [0.5, 0.6) is 0 Å². The van der Waals surface area contributed by atoms with E-state index in [1.807, 2.05) is 6.92 Å². The van der Waals surface area contributed by atoms with Crippen LogP contribution in [-0.2, 0) is 40.3 Å². The lowest BCUT2D eigenvalue weighted by molar-refractivity contribution is -0.0136. The molecule has 1 aliphatic rings. The molecule has 0 amide bonds. The number of fused-ring (bicyclic) bond motifs is 2. The lowest BCUT2D eigenvalue weighted by atomic mass is 9.80. The summed E-state index contributed by atoms with van der Waals surface area (Å²) in [6.45, 7) is 29.3. The number of benzene rings is 4. The fourth-order valence-electron chi connectivity index (χ4n) is 8.00. The Bertz CT molecular complexity index is 2500. The molecule has 11 heteroatoms. The summed E-state index contributed by atoms with van der Waals surface area (Å²) in [4.78, 5) is 2.57. The molecule has 4 aromatic carbocycles. The molecule has 1 saturated heterocycles. The van der Waals surface area contributed by atoms with Crippen molar-refractivity contribution in [3.63, 3.8) is 0 Å². The van der Waals surface area contributed by atoms with Crippen molar-refractivity contribution in [2.24, 2.45) is 0 Å². The van der Waals surface area contributed by atoms with E-state index in [-0.39, 0.29) is 35.1 Å². The van der Waals surface area contributed by atoms with Gasteiger partial charge in [-0.05, 0) is 199 Å². The highest BCUT2D eigenvalue weighted by molar-refractivity contribution is 9.10. The van der Waals surface area contributed by atoms with Crippen LogP contribution in [0.1, 0.15) is 107 Å². The zero-order valence-electron chi connectivity index (χ0n) is 39.6. The van der Waals surface area contributed by atoms with E-state index in [9.17, 15) is 0 Å². The van der Waals surface area contributed by atoms with Gasteiger partial charge in [0, 0.05) is 54.4 Å². The Kier molecular flexibility index (Phi) is 16.4. The molecule has 7 aromatic rings. The Labute approximate surface area is 411 Å². The topological polar surface area (TPSA) is 46.2 Å². The molecule has 1 fully saturated rings. The van der Waals surface area contributed by atoms with Crippen LogP contribution in [0.3, 0.4) is 0 Å². The first-order valence-electron chi connectivity index (χ1n) is 22.0. The van der Waals surface area contributed by atoms with Crippen LogP contribution in [0.2, 0.25) is 0 Å². The van der Waals surface area contributed by atoms with E-state index >= 15 is 0 Å². The van der Waals surface area contributed by atoms with E-state index < -0.39 is 0 Å². The lowest BCUT2D eigenvalue weighted by Crippen LogP contribution is -2.41. The van der Waals surface area contributed by atoms with E-state index in [1.54, 1.807) is 34.0 Å². The van der Waals surface area contributed by atoms with E-state index in [0.29, 0.717) is 19.8 Å². The van der Waals surface area contributed by atoms with Gasteiger partial charge in [-0.2, -0.15) is 11.3 Å². The van der Waals surface area contributed by atoms with E-state index in [0.717, 1.165) is 19.3 Å². The fourth-order valence-corrected chi connectivity index (χ4v) is 11.8. The normalized spacial score (nSPS) is 15.0. The summed E-state index contributed by atoms with van der Waals surface area (Å²) in [5, 5.41) is 11.4.